The van der Waals surface area contributed by atoms with Crippen LogP contribution in [-0.4, -0.2) is 42.4 Å². The van der Waals surface area contributed by atoms with Gasteiger partial charge in [-0.25, -0.2) is 0 Å². The minimum Gasteiger partial charge on any atom is -0.454 e. The number of ether oxygens (including phenoxy) is 1. The summed E-state index contributed by atoms with van der Waals surface area (Å²) in [6.45, 7) is -0.0287. The fourth-order valence-electron chi connectivity index (χ4n) is 2.21. The van der Waals surface area contributed by atoms with Crippen LogP contribution in [0.3, 0.4) is 0 Å². The second-order valence-electron chi connectivity index (χ2n) is 5.11. The summed E-state index contributed by atoms with van der Waals surface area (Å²) in [4.78, 5) is 36.7. The van der Waals surface area contributed by atoms with Gasteiger partial charge in [0.2, 0.25) is 5.91 Å². The van der Waals surface area contributed by atoms with Crippen LogP contribution >= 0.6 is 11.3 Å². The number of nitrogens with one attached hydrogen (secondary N) is 1. The van der Waals surface area contributed by atoms with Gasteiger partial charge >= 0.3 is 5.97 Å². The maximum absolute atomic E-state index is 11.8. The van der Waals surface area contributed by atoms with Gasteiger partial charge in [-0.1, -0.05) is 6.42 Å². The highest BCUT2D eigenvalue weighted by atomic mass is 32.1. The molecule has 0 aliphatic carbocycles. The van der Waals surface area contributed by atoms with Gasteiger partial charge in [-0.3, -0.25) is 14.4 Å². The number of hydrogen-bond acceptors (Lipinski definition) is 6. The minimum atomic E-state index is -0.609. The van der Waals surface area contributed by atoms with E-state index in [0.29, 0.717) is 23.5 Å². The second kappa shape index (κ2) is 8.29. The Hall–Kier alpha value is -2.40. The van der Waals surface area contributed by atoms with Crippen LogP contribution in [0.1, 0.15) is 31.2 Å². The highest BCUT2D eigenvalue weighted by molar-refractivity contribution is 7.14. The third-order valence-corrected chi connectivity index (χ3v) is 4.22. The lowest BCUT2D eigenvalue weighted by atomic mass is 10.2. The predicted molar refractivity (Wildman–Crippen MR) is 83.7 cm³/mol. The topological polar surface area (TPSA) is 99.5 Å². The molecule has 0 saturated carbocycles. The molecule has 122 valence electrons. The lowest BCUT2D eigenvalue weighted by Crippen LogP contribution is -2.36. The number of hydrogen-bond donors (Lipinski definition) is 1. The van der Waals surface area contributed by atoms with Gasteiger partial charge in [0.25, 0.3) is 5.91 Å². The van der Waals surface area contributed by atoms with E-state index in [-0.39, 0.29) is 12.5 Å². The fourth-order valence-corrected chi connectivity index (χ4v) is 2.96. The van der Waals surface area contributed by atoms with Crippen molar-refractivity contribution in [1.29, 1.82) is 5.26 Å². The molecule has 23 heavy (non-hydrogen) atoms. The molecule has 1 aliphatic heterocycles. The molecule has 1 fully saturated rings. The van der Waals surface area contributed by atoms with Gasteiger partial charge in [-0.15, -0.1) is 11.3 Å². The van der Waals surface area contributed by atoms with Crippen molar-refractivity contribution in [2.24, 2.45) is 0 Å². The van der Waals surface area contributed by atoms with Crippen molar-refractivity contribution in [2.75, 3.05) is 25.0 Å². The molecule has 0 bridgehead atoms. The molecule has 0 radical (unpaired) electrons. The molecule has 8 heteroatoms. The second-order valence-corrected chi connectivity index (χ2v) is 6.03. The molecule has 1 saturated heterocycles. The zero-order valence-electron chi connectivity index (χ0n) is 12.5. The number of carbonyl (C=O) groups excluding carboxylic acids is 3. The Labute approximate surface area is 137 Å². The van der Waals surface area contributed by atoms with E-state index in [1.165, 1.54) is 16.2 Å². The van der Waals surface area contributed by atoms with Gasteiger partial charge in [-0.2, -0.15) is 5.26 Å². The van der Waals surface area contributed by atoms with Crippen LogP contribution in [0.15, 0.2) is 11.4 Å². The SMILES string of the molecule is N#Cc1ccsc1NC(=O)COC(=O)CN1CCCCCC1=O. The number of nitriles is 1. The quantitative estimate of drug-likeness (QED) is 0.822. The highest BCUT2D eigenvalue weighted by Crippen LogP contribution is 2.21. The van der Waals surface area contributed by atoms with Crippen molar-refractivity contribution < 1.29 is 19.1 Å². The number of nitrogens with zero attached hydrogens (tertiary/aromatic N) is 2. The third-order valence-electron chi connectivity index (χ3n) is 3.39. The first kappa shape index (κ1) is 17.0. The normalized spacial score (nSPS) is 14.7. The molecule has 1 aromatic rings. The number of thiophene rings is 1. The number of amides is 2. The van der Waals surface area contributed by atoms with Crippen LogP contribution in [-0.2, 0) is 19.1 Å². The molecule has 1 N–H and O–H groups in total. The van der Waals surface area contributed by atoms with Crippen molar-refractivity contribution >= 4 is 34.1 Å². The summed E-state index contributed by atoms with van der Waals surface area (Å²) < 4.78 is 4.89. The summed E-state index contributed by atoms with van der Waals surface area (Å²) in [6, 6.07) is 3.55. The van der Waals surface area contributed by atoms with Gasteiger partial charge in [0.05, 0.1) is 5.56 Å². The molecular formula is C15H17N3O4S. The summed E-state index contributed by atoms with van der Waals surface area (Å²) in [5.41, 5.74) is 0.366. The molecule has 2 rings (SSSR count). The monoisotopic (exact) mass is 335 g/mol. The van der Waals surface area contributed by atoms with Crippen LogP contribution in [0.4, 0.5) is 5.00 Å². The van der Waals surface area contributed by atoms with E-state index in [0.717, 1.165) is 19.3 Å². The average Bonchev–Trinajstić information content (AvgIpc) is 2.88. The van der Waals surface area contributed by atoms with Crippen LogP contribution in [0.2, 0.25) is 0 Å². The first-order valence-electron chi connectivity index (χ1n) is 7.31. The molecule has 1 aliphatic rings. The first-order chi connectivity index (χ1) is 11.1. The standard InChI is InChI=1S/C15H17N3O4S/c16-8-11-5-7-23-15(11)17-12(19)10-22-14(21)9-18-6-3-1-2-4-13(18)20/h5,7H,1-4,6,9-10H2,(H,17,19). The Morgan fingerprint density at radius 1 is 1.39 bits per heavy atom. The van der Waals surface area contributed by atoms with E-state index in [2.05, 4.69) is 5.32 Å². The Bertz CT molecular complexity index is 635. The smallest absolute Gasteiger partial charge is 0.326 e. The lowest BCUT2D eigenvalue weighted by molar-refractivity contribution is -0.151. The van der Waals surface area contributed by atoms with Gasteiger partial charge in [0.15, 0.2) is 6.61 Å². The van der Waals surface area contributed by atoms with Crippen LogP contribution < -0.4 is 5.32 Å². The van der Waals surface area contributed by atoms with E-state index < -0.39 is 18.5 Å². The maximum Gasteiger partial charge on any atom is 0.326 e. The number of esters is 1. The largest absolute Gasteiger partial charge is 0.454 e. The van der Waals surface area contributed by atoms with Gasteiger partial charge in [0.1, 0.15) is 17.6 Å². The van der Waals surface area contributed by atoms with Crippen LogP contribution in [0.25, 0.3) is 0 Å². The third kappa shape index (κ3) is 5.07. The van der Waals surface area contributed by atoms with Crippen molar-refractivity contribution in [2.45, 2.75) is 25.7 Å². The average molecular weight is 335 g/mol. The molecule has 0 aromatic carbocycles. The van der Waals surface area contributed by atoms with E-state index in [1.807, 2.05) is 6.07 Å². The number of anilines is 1. The summed E-state index contributed by atoms with van der Waals surface area (Å²) in [6.07, 6.45) is 3.13. The molecule has 0 spiro atoms. The highest BCUT2D eigenvalue weighted by Gasteiger charge is 2.20. The summed E-state index contributed by atoms with van der Waals surface area (Å²) in [5, 5.41) is 13.5. The van der Waals surface area contributed by atoms with Crippen molar-refractivity contribution in [1.82, 2.24) is 4.90 Å². The molecule has 1 aromatic heterocycles. The Balaban J connectivity index is 1.76. The Kier molecular flexibility index (Phi) is 6.11. The van der Waals surface area contributed by atoms with E-state index in [9.17, 15) is 14.4 Å². The van der Waals surface area contributed by atoms with Gasteiger partial charge in [0, 0.05) is 13.0 Å². The van der Waals surface area contributed by atoms with Crippen LogP contribution in [0.5, 0.6) is 0 Å². The Morgan fingerprint density at radius 2 is 2.22 bits per heavy atom. The molecule has 7 nitrogen and oxygen atoms in total. The molecule has 0 unspecified atom stereocenters. The first-order valence-corrected chi connectivity index (χ1v) is 8.19. The van der Waals surface area contributed by atoms with Crippen molar-refractivity contribution in [3.8, 4) is 6.07 Å². The molecule has 0 atom stereocenters. The Morgan fingerprint density at radius 3 is 3.00 bits per heavy atom. The fraction of sp³-hybridized carbons (Fsp3) is 0.467. The zero-order chi connectivity index (χ0) is 16.7. The van der Waals surface area contributed by atoms with Gasteiger partial charge in [-0.05, 0) is 24.3 Å². The van der Waals surface area contributed by atoms with Crippen molar-refractivity contribution in [3.63, 3.8) is 0 Å². The van der Waals surface area contributed by atoms with Gasteiger partial charge < -0.3 is 15.0 Å². The van der Waals surface area contributed by atoms with E-state index in [4.69, 9.17) is 10.00 Å². The maximum atomic E-state index is 11.8. The minimum absolute atomic E-state index is 0.0545. The van der Waals surface area contributed by atoms with E-state index >= 15 is 0 Å². The summed E-state index contributed by atoms with van der Waals surface area (Å²) in [7, 11) is 0. The predicted octanol–water partition coefficient (Wildman–Crippen LogP) is 1.50. The number of carbonyl (C=O) groups is 3. The molecule has 2 heterocycles. The number of rotatable bonds is 5. The number of likely N-dealkylation sites (tertiary alicyclic amines) is 1. The summed E-state index contributed by atoms with van der Waals surface area (Å²) in [5.74, 6) is -1.18. The lowest BCUT2D eigenvalue weighted by Gasteiger charge is -2.19. The van der Waals surface area contributed by atoms with E-state index in [1.54, 1.807) is 11.4 Å². The van der Waals surface area contributed by atoms with Crippen molar-refractivity contribution in [3.05, 3.63) is 17.0 Å². The molecule has 2 amide bonds. The van der Waals surface area contributed by atoms with Crippen LogP contribution in [0, 0.1) is 11.3 Å². The summed E-state index contributed by atoms with van der Waals surface area (Å²) >= 11 is 1.22. The molecular weight excluding hydrogens is 318 g/mol. The zero-order valence-corrected chi connectivity index (χ0v) is 13.4.